The number of halogens is 1. The lowest BCUT2D eigenvalue weighted by Crippen LogP contribution is -2.50. The quantitative estimate of drug-likeness (QED) is 0.665. The average molecular weight is 293 g/mol. The van der Waals surface area contributed by atoms with Crippen molar-refractivity contribution in [3.8, 4) is 0 Å². The summed E-state index contributed by atoms with van der Waals surface area (Å²) in [5.41, 5.74) is 5.45. The number of carbonyl (C=O) groups excluding carboxylic acids is 1. The summed E-state index contributed by atoms with van der Waals surface area (Å²) in [6.07, 6.45) is 3.14. The predicted octanol–water partition coefficient (Wildman–Crippen LogP) is 1.83. The van der Waals surface area contributed by atoms with E-state index in [9.17, 15) is 19.3 Å². The van der Waals surface area contributed by atoms with E-state index in [1.54, 1.807) is 4.90 Å². The molecule has 112 valence electrons. The molecule has 1 amide bonds. The van der Waals surface area contributed by atoms with Crippen molar-refractivity contribution in [2.75, 3.05) is 0 Å². The molecule has 2 unspecified atom stereocenters. The second kappa shape index (κ2) is 5.07. The maximum absolute atomic E-state index is 13.9. The van der Waals surface area contributed by atoms with Crippen molar-refractivity contribution in [1.82, 2.24) is 4.90 Å². The molecule has 2 fully saturated rings. The Morgan fingerprint density at radius 2 is 1.95 bits per heavy atom. The van der Waals surface area contributed by atoms with E-state index in [2.05, 4.69) is 0 Å². The first-order valence-corrected chi connectivity index (χ1v) is 6.99. The molecule has 2 aliphatic rings. The molecule has 0 saturated carbocycles. The number of non-ortho nitro benzene ring substituents is 1. The van der Waals surface area contributed by atoms with Crippen molar-refractivity contribution in [3.05, 3.63) is 39.7 Å². The number of fused-ring (bicyclic) bond motifs is 2. The topological polar surface area (TPSA) is 89.5 Å². The van der Waals surface area contributed by atoms with Crippen molar-refractivity contribution in [2.45, 2.75) is 43.8 Å². The van der Waals surface area contributed by atoms with Crippen molar-refractivity contribution in [3.63, 3.8) is 0 Å². The van der Waals surface area contributed by atoms with E-state index >= 15 is 0 Å². The number of hydrogen-bond donors (Lipinski definition) is 1. The van der Waals surface area contributed by atoms with Gasteiger partial charge in [-0.1, -0.05) is 0 Å². The van der Waals surface area contributed by atoms with Crippen LogP contribution in [0.1, 0.15) is 36.0 Å². The number of benzene rings is 1. The molecule has 21 heavy (non-hydrogen) atoms. The standard InChI is InChI=1S/C14H16FN3O3/c15-13-4-3-11(18(20)21)7-12(13)14(19)17-9-1-2-10(17)6-8(16)5-9/h3-4,7-10H,1-2,5-6,16H2. The van der Waals surface area contributed by atoms with Gasteiger partial charge in [-0.3, -0.25) is 14.9 Å². The number of amides is 1. The largest absolute Gasteiger partial charge is 0.332 e. The van der Waals surface area contributed by atoms with Crippen LogP contribution in [0.3, 0.4) is 0 Å². The fraction of sp³-hybridized carbons (Fsp3) is 0.500. The fourth-order valence-electron chi connectivity index (χ4n) is 3.48. The molecule has 0 radical (unpaired) electrons. The summed E-state index contributed by atoms with van der Waals surface area (Å²) in [4.78, 5) is 24.4. The zero-order chi connectivity index (χ0) is 15.1. The molecule has 2 N–H and O–H groups in total. The minimum Gasteiger partial charge on any atom is -0.332 e. The average Bonchev–Trinajstić information content (AvgIpc) is 2.70. The van der Waals surface area contributed by atoms with Gasteiger partial charge in [0, 0.05) is 30.3 Å². The third kappa shape index (κ3) is 2.37. The van der Waals surface area contributed by atoms with E-state index in [1.165, 1.54) is 0 Å². The van der Waals surface area contributed by atoms with Gasteiger partial charge >= 0.3 is 0 Å². The first-order chi connectivity index (χ1) is 9.97. The Bertz CT molecular complexity index is 593. The van der Waals surface area contributed by atoms with Crippen LogP contribution in [0.25, 0.3) is 0 Å². The zero-order valence-corrected chi connectivity index (χ0v) is 11.4. The summed E-state index contributed by atoms with van der Waals surface area (Å²) in [5, 5.41) is 10.8. The molecule has 6 nitrogen and oxygen atoms in total. The fourth-order valence-corrected chi connectivity index (χ4v) is 3.48. The van der Waals surface area contributed by atoms with Gasteiger partial charge < -0.3 is 10.6 Å². The number of nitrogens with two attached hydrogens (primary N) is 1. The molecule has 0 aliphatic carbocycles. The van der Waals surface area contributed by atoms with Crippen LogP contribution < -0.4 is 5.73 Å². The van der Waals surface area contributed by atoms with E-state index in [4.69, 9.17) is 5.73 Å². The van der Waals surface area contributed by atoms with Crippen LogP contribution in [0.4, 0.5) is 10.1 Å². The highest BCUT2D eigenvalue weighted by Crippen LogP contribution is 2.36. The van der Waals surface area contributed by atoms with E-state index in [0.29, 0.717) is 12.8 Å². The zero-order valence-electron chi connectivity index (χ0n) is 11.4. The van der Waals surface area contributed by atoms with Crippen LogP contribution in [-0.2, 0) is 0 Å². The number of nitrogens with zero attached hydrogens (tertiary/aromatic N) is 2. The lowest BCUT2D eigenvalue weighted by atomic mass is 9.97. The molecule has 2 aliphatic heterocycles. The summed E-state index contributed by atoms with van der Waals surface area (Å²) in [6, 6.07) is 3.16. The van der Waals surface area contributed by atoms with E-state index < -0.39 is 16.6 Å². The van der Waals surface area contributed by atoms with Gasteiger partial charge in [0.1, 0.15) is 5.82 Å². The van der Waals surface area contributed by atoms with Gasteiger partial charge in [0.2, 0.25) is 0 Å². The minimum absolute atomic E-state index is 0.0184. The second-order valence-electron chi connectivity index (χ2n) is 5.75. The molecule has 7 heteroatoms. The molecular weight excluding hydrogens is 277 g/mol. The van der Waals surface area contributed by atoms with Gasteiger partial charge in [0.15, 0.2) is 0 Å². The Hall–Kier alpha value is -2.02. The Morgan fingerprint density at radius 1 is 1.33 bits per heavy atom. The van der Waals surface area contributed by atoms with Crippen molar-refractivity contribution < 1.29 is 14.1 Å². The maximum atomic E-state index is 13.9. The summed E-state index contributed by atoms with van der Waals surface area (Å²) in [5.74, 6) is -1.18. The smallest absolute Gasteiger partial charge is 0.270 e. The normalized spacial score (nSPS) is 27.7. The van der Waals surface area contributed by atoms with Crippen molar-refractivity contribution in [2.24, 2.45) is 5.73 Å². The first kappa shape index (κ1) is 13.9. The molecule has 0 spiro atoms. The molecule has 1 aromatic carbocycles. The second-order valence-corrected chi connectivity index (χ2v) is 5.75. The summed E-state index contributed by atoms with van der Waals surface area (Å²) in [6.45, 7) is 0. The van der Waals surface area contributed by atoms with Crippen LogP contribution in [0.15, 0.2) is 18.2 Å². The van der Waals surface area contributed by atoms with Gasteiger partial charge in [-0.05, 0) is 31.7 Å². The van der Waals surface area contributed by atoms with Crippen molar-refractivity contribution in [1.29, 1.82) is 0 Å². The third-order valence-corrected chi connectivity index (χ3v) is 4.40. The van der Waals surface area contributed by atoms with Crippen molar-refractivity contribution >= 4 is 11.6 Å². The predicted molar refractivity (Wildman–Crippen MR) is 73.2 cm³/mol. The Morgan fingerprint density at radius 3 is 2.52 bits per heavy atom. The lowest BCUT2D eigenvalue weighted by Gasteiger charge is -2.37. The molecule has 1 aromatic rings. The molecule has 2 heterocycles. The lowest BCUT2D eigenvalue weighted by molar-refractivity contribution is -0.384. The van der Waals surface area contributed by atoms with E-state index in [-0.39, 0.29) is 29.4 Å². The highest BCUT2D eigenvalue weighted by Gasteiger charge is 2.43. The molecule has 2 bridgehead atoms. The highest BCUT2D eigenvalue weighted by atomic mass is 19.1. The minimum atomic E-state index is -0.722. The molecule has 2 saturated heterocycles. The number of piperidine rings is 1. The van der Waals surface area contributed by atoms with Gasteiger partial charge in [-0.15, -0.1) is 0 Å². The van der Waals surface area contributed by atoms with Crippen LogP contribution in [-0.4, -0.2) is 33.9 Å². The van der Waals surface area contributed by atoms with Crippen LogP contribution >= 0.6 is 0 Å². The Balaban J connectivity index is 1.92. The van der Waals surface area contributed by atoms with Gasteiger partial charge in [-0.2, -0.15) is 0 Å². The first-order valence-electron chi connectivity index (χ1n) is 6.99. The SMILES string of the molecule is NC1CC2CCC(C1)N2C(=O)c1cc([N+](=O)[O-])ccc1F. The molecule has 2 atom stereocenters. The van der Waals surface area contributed by atoms with Gasteiger partial charge in [0.05, 0.1) is 10.5 Å². The third-order valence-electron chi connectivity index (χ3n) is 4.40. The summed E-state index contributed by atoms with van der Waals surface area (Å²) >= 11 is 0. The molecule has 3 rings (SSSR count). The number of hydrogen-bond acceptors (Lipinski definition) is 4. The molecule has 0 aromatic heterocycles. The monoisotopic (exact) mass is 293 g/mol. The van der Waals surface area contributed by atoms with Crippen LogP contribution in [0.2, 0.25) is 0 Å². The highest BCUT2D eigenvalue weighted by molar-refractivity contribution is 5.95. The maximum Gasteiger partial charge on any atom is 0.270 e. The number of nitro groups is 1. The van der Waals surface area contributed by atoms with Crippen LogP contribution in [0, 0.1) is 15.9 Å². The Labute approximate surface area is 120 Å². The Kier molecular flexibility index (Phi) is 3.36. The van der Waals surface area contributed by atoms with E-state index in [0.717, 1.165) is 31.0 Å². The van der Waals surface area contributed by atoms with E-state index in [1.807, 2.05) is 0 Å². The van der Waals surface area contributed by atoms with Crippen LogP contribution in [0.5, 0.6) is 0 Å². The number of carbonyl (C=O) groups is 1. The molecular formula is C14H16FN3O3. The van der Waals surface area contributed by atoms with Gasteiger partial charge in [0.25, 0.3) is 11.6 Å². The summed E-state index contributed by atoms with van der Waals surface area (Å²) in [7, 11) is 0. The number of rotatable bonds is 2. The summed E-state index contributed by atoms with van der Waals surface area (Å²) < 4.78 is 13.9. The number of nitro benzene ring substituents is 1. The van der Waals surface area contributed by atoms with Gasteiger partial charge in [-0.25, -0.2) is 4.39 Å².